The third-order valence-corrected chi connectivity index (χ3v) is 3.53. The molecule has 6 nitrogen and oxygen atoms in total. The SMILES string of the molecule is O=C(O)CCNS(=O)(=O)c1ccnc(Br)c1. The highest BCUT2D eigenvalue weighted by molar-refractivity contribution is 9.10. The summed E-state index contributed by atoms with van der Waals surface area (Å²) in [7, 11) is -3.66. The van der Waals surface area contributed by atoms with Crippen molar-refractivity contribution >= 4 is 31.9 Å². The Morgan fingerprint density at radius 2 is 2.25 bits per heavy atom. The molecule has 0 fully saturated rings. The van der Waals surface area contributed by atoms with Crippen LogP contribution in [-0.2, 0) is 14.8 Å². The Morgan fingerprint density at radius 3 is 2.81 bits per heavy atom. The van der Waals surface area contributed by atoms with Crippen LogP contribution in [-0.4, -0.2) is 31.0 Å². The number of sulfonamides is 1. The van der Waals surface area contributed by atoms with E-state index in [1.165, 1.54) is 18.3 Å². The lowest BCUT2D eigenvalue weighted by Crippen LogP contribution is -2.26. The van der Waals surface area contributed by atoms with Crippen molar-refractivity contribution < 1.29 is 18.3 Å². The number of rotatable bonds is 5. The van der Waals surface area contributed by atoms with Crippen LogP contribution in [0.2, 0.25) is 0 Å². The number of carboxylic acid groups (broad SMARTS) is 1. The van der Waals surface area contributed by atoms with E-state index in [1.807, 2.05) is 0 Å². The van der Waals surface area contributed by atoms with Gasteiger partial charge in [0.1, 0.15) is 4.60 Å². The van der Waals surface area contributed by atoms with Gasteiger partial charge in [-0.05, 0) is 28.1 Å². The van der Waals surface area contributed by atoms with Crippen LogP contribution in [0.3, 0.4) is 0 Å². The van der Waals surface area contributed by atoms with Crippen molar-refractivity contribution in [3.8, 4) is 0 Å². The molecule has 0 saturated carbocycles. The maximum Gasteiger partial charge on any atom is 0.304 e. The molecule has 0 aliphatic heterocycles. The van der Waals surface area contributed by atoms with Crippen LogP contribution in [0.15, 0.2) is 27.8 Å². The quantitative estimate of drug-likeness (QED) is 0.776. The number of nitrogens with one attached hydrogen (secondary N) is 1. The van der Waals surface area contributed by atoms with Gasteiger partial charge in [-0.3, -0.25) is 4.79 Å². The second-order valence-electron chi connectivity index (χ2n) is 2.86. The summed E-state index contributed by atoms with van der Waals surface area (Å²) in [5.74, 6) is -1.06. The van der Waals surface area contributed by atoms with Gasteiger partial charge in [-0.15, -0.1) is 0 Å². The second kappa shape index (κ2) is 5.37. The number of nitrogens with zero attached hydrogens (tertiary/aromatic N) is 1. The van der Waals surface area contributed by atoms with Crippen molar-refractivity contribution in [1.29, 1.82) is 0 Å². The Bertz CT molecular complexity index is 489. The Balaban J connectivity index is 2.74. The molecule has 1 aromatic heterocycles. The van der Waals surface area contributed by atoms with E-state index in [9.17, 15) is 13.2 Å². The van der Waals surface area contributed by atoms with Gasteiger partial charge in [0.15, 0.2) is 0 Å². The van der Waals surface area contributed by atoms with E-state index in [-0.39, 0.29) is 17.9 Å². The van der Waals surface area contributed by atoms with Crippen LogP contribution in [0.4, 0.5) is 0 Å². The lowest BCUT2D eigenvalue weighted by Gasteiger charge is -2.05. The average Bonchev–Trinajstić information content (AvgIpc) is 2.16. The minimum Gasteiger partial charge on any atom is -0.481 e. The molecule has 2 N–H and O–H groups in total. The summed E-state index contributed by atoms with van der Waals surface area (Å²) < 4.78 is 25.8. The molecule has 0 spiro atoms. The first kappa shape index (κ1) is 13.1. The Hall–Kier alpha value is -0.990. The normalized spacial score (nSPS) is 11.3. The lowest BCUT2D eigenvalue weighted by molar-refractivity contribution is -0.136. The molecule has 0 aliphatic rings. The molecule has 1 rings (SSSR count). The third kappa shape index (κ3) is 3.87. The third-order valence-electron chi connectivity index (χ3n) is 1.64. The smallest absolute Gasteiger partial charge is 0.304 e. The van der Waals surface area contributed by atoms with Crippen molar-refractivity contribution in [3.63, 3.8) is 0 Å². The number of carboxylic acids is 1. The standard InChI is InChI=1S/C8H9BrN2O4S/c9-7-5-6(1-3-10-7)16(14,15)11-4-2-8(12)13/h1,3,5,11H,2,4H2,(H,12,13). The van der Waals surface area contributed by atoms with Gasteiger partial charge in [0.05, 0.1) is 11.3 Å². The Morgan fingerprint density at radius 1 is 1.56 bits per heavy atom. The summed E-state index contributed by atoms with van der Waals surface area (Å²) in [6.45, 7) is -0.141. The maximum atomic E-state index is 11.6. The number of aromatic nitrogens is 1. The van der Waals surface area contributed by atoms with Gasteiger partial charge in [-0.1, -0.05) is 0 Å². The van der Waals surface area contributed by atoms with Crippen LogP contribution >= 0.6 is 15.9 Å². The lowest BCUT2D eigenvalue weighted by atomic mass is 10.5. The van der Waals surface area contributed by atoms with Crippen molar-refractivity contribution in [2.45, 2.75) is 11.3 Å². The van der Waals surface area contributed by atoms with Crippen LogP contribution in [0.1, 0.15) is 6.42 Å². The summed E-state index contributed by atoms with van der Waals surface area (Å²) in [5, 5.41) is 8.37. The summed E-state index contributed by atoms with van der Waals surface area (Å²) in [6, 6.07) is 2.66. The number of pyridine rings is 1. The zero-order valence-electron chi connectivity index (χ0n) is 8.05. The van der Waals surface area contributed by atoms with E-state index < -0.39 is 16.0 Å². The number of halogens is 1. The molecule has 16 heavy (non-hydrogen) atoms. The fourth-order valence-electron chi connectivity index (χ4n) is 0.928. The van der Waals surface area contributed by atoms with E-state index in [2.05, 4.69) is 25.6 Å². The van der Waals surface area contributed by atoms with E-state index in [1.54, 1.807) is 0 Å². The minimum atomic E-state index is -3.66. The largest absolute Gasteiger partial charge is 0.481 e. The van der Waals surface area contributed by atoms with Crippen LogP contribution in [0, 0.1) is 0 Å². The van der Waals surface area contributed by atoms with E-state index >= 15 is 0 Å². The molecular formula is C8H9BrN2O4S. The highest BCUT2D eigenvalue weighted by atomic mass is 79.9. The van der Waals surface area contributed by atoms with Gasteiger partial charge < -0.3 is 5.11 Å². The minimum absolute atomic E-state index is 0.0414. The van der Waals surface area contributed by atoms with E-state index in [0.29, 0.717) is 4.60 Å². The monoisotopic (exact) mass is 308 g/mol. The molecule has 0 aromatic carbocycles. The molecule has 0 amide bonds. The van der Waals surface area contributed by atoms with Gasteiger partial charge in [0, 0.05) is 12.7 Å². The predicted octanol–water partition coefficient (Wildman–Crippen LogP) is 0.597. The highest BCUT2D eigenvalue weighted by Crippen LogP contribution is 2.12. The van der Waals surface area contributed by atoms with Crippen molar-refractivity contribution in [1.82, 2.24) is 9.71 Å². The van der Waals surface area contributed by atoms with Gasteiger partial charge in [0.2, 0.25) is 10.0 Å². The topological polar surface area (TPSA) is 96.4 Å². The fourth-order valence-corrected chi connectivity index (χ4v) is 2.49. The summed E-state index contributed by atoms with van der Waals surface area (Å²) in [4.78, 5) is 14.1. The van der Waals surface area contributed by atoms with Gasteiger partial charge in [-0.2, -0.15) is 0 Å². The van der Waals surface area contributed by atoms with Crippen molar-refractivity contribution in [3.05, 3.63) is 22.9 Å². The molecule has 1 heterocycles. The van der Waals surface area contributed by atoms with Crippen LogP contribution in [0.5, 0.6) is 0 Å². The predicted molar refractivity (Wildman–Crippen MR) is 59.4 cm³/mol. The molecule has 0 atom stereocenters. The number of aliphatic carboxylic acids is 1. The Labute approximate surface area is 101 Å². The van der Waals surface area contributed by atoms with Crippen molar-refractivity contribution in [2.75, 3.05) is 6.54 Å². The zero-order valence-corrected chi connectivity index (χ0v) is 10.5. The first-order valence-electron chi connectivity index (χ1n) is 4.25. The molecule has 8 heteroatoms. The Kier molecular flexibility index (Phi) is 4.39. The molecular weight excluding hydrogens is 300 g/mol. The first-order valence-corrected chi connectivity index (χ1v) is 6.52. The number of hydrogen-bond acceptors (Lipinski definition) is 4. The molecule has 0 aliphatic carbocycles. The molecule has 1 aromatic rings. The summed E-state index contributed by atoms with van der Waals surface area (Å²) in [6.07, 6.45) is 1.08. The van der Waals surface area contributed by atoms with Crippen LogP contribution in [0.25, 0.3) is 0 Å². The molecule has 88 valence electrons. The molecule has 0 unspecified atom stereocenters. The van der Waals surface area contributed by atoms with Crippen molar-refractivity contribution in [2.24, 2.45) is 0 Å². The summed E-state index contributed by atoms with van der Waals surface area (Å²) in [5.41, 5.74) is 0. The van der Waals surface area contributed by atoms with Gasteiger partial charge in [0.25, 0.3) is 0 Å². The van der Waals surface area contributed by atoms with Crippen LogP contribution < -0.4 is 4.72 Å². The first-order chi connectivity index (χ1) is 7.42. The second-order valence-corrected chi connectivity index (χ2v) is 5.44. The average molecular weight is 309 g/mol. The maximum absolute atomic E-state index is 11.6. The van der Waals surface area contributed by atoms with E-state index in [0.717, 1.165) is 0 Å². The van der Waals surface area contributed by atoms with Gasteiger partial charge in [-0.25, -0.2) is 18.1 Å². The molecule has 0 saturated heterocycles. The number of hydrogen-bond donors (Lipinski definition) is 2. The molecule has 0 bridgehead atoms. The fraction of sp³-hybridized carbons (Fsp3) is 0.250. The number of carbonyl (C=O) groups is 1. The highest BCUT2D eigenvalue weighted by Gasteiger charge is 2.14. The zero-order chi connectivity index (χ0) is 12.2. The van der Waals surface area contributed by atoms with Gasteiger partial charge >= 0.3 is 5.97 Å². The summed E-state index contributed by atoms with van der Waals surface area (Å²) >= 11 is 3.05. The molecule has 0 radical (unpaired) electrons. The van der Waals surface area contributed by atoms with E-state index in [4.69, 9.17) is 5.11 Å².